The zero-order valence-electron chi connectivity index (χ0n) is 15.3. The number of nitrogens with zero attached hydrogens (tertiary/aromatic N) is 2. The van der Waals surface area contributed by atoms with Gasteiger partial charge in [-0.1, -0.05) is 50.5 Å². The standard InChI is InChI=1S/C20H30N2O2/c1-4-5-6-7-12-19(23)21(3)15-20(24)22-14-13-17-10-8-9-11-18(17)16(22)2/h8-11,16H,4-7,12-15H2,1-3H3. The molecule has 24 heavy (non-hydrogen) atoms. The van der Waals surface area contributed by atoms with Crippen molar-refractivity contribution in [3.63, 3.8) is 0 Å². The summed E-state index contributed by atoms with van der Waals surface area (Å²) in [6.45, 7) is 5.14. The molecular formula is C20H30N2O2. The van der Waals surface area contributed by atoms with Gasteiger partial charge >= 0.3 is 0 Å². The first kappa shape index (κ1) is 18.5. The van der Waals surface area contributed by atoms with Gasteiger partial charge in [-0.25, -0.2) is 0 Å². The highest BCUT2D eigenvalue weighted by atomic mass is 16.2. The summed E-state index contributed by atoms with van der Waals surface area (Å²) in [5.74, 6) is 0.117. The normalized spacial score (nSPS) is 16.6. The highest BCUT2D eigenvalue weighted by Crippen LogP contribution is 2.29. The van der Waals surface area contributed by atoms with E-state index in [1.54, 1.807) is 11.9 Å². The lowest BCUT2D eigenvalue weighted by Crippen LogP contribution is -2.44. The summed E-state index contributed by atoms with van der Waals surface area (Å²) >= 11 is 0. The smallest absolute Gasteiger partial charge is 0.242 e. The number of likely N-dealkylation sites (N-methyl/N-ethyl adjacent to an activating group) is 1. The van der Waals surface area contributed by atoms with E-state index in [1.165, 1.54) is 17.5 Å². The molecule has 4 heteroatoms. The van der Waals surface area contributed by atoms with Crippen LogP contribution in [-0.4, -0.2) is 41.8 Å². The third-order valence-corrected chi connectivity index (χ3v) is 4.96. The summed E-state index contributed by atoms with van der Waals surface area (Å²) in [5.41, 5.74) is 2.56. The van der Waals surface area contributed by atoms with E-state index < -0.39 is 0 Å². The van der Waals surface area contributed by atoms with Crippen molar-refractivity contribution in [1.82, 2.24) is 9.80 Å². The largest absolute Gasteiger partial charge is 0.336 e. The Bertz CT molecular complexity index is 571. The maximum absolute atomic E-state index is 12.6. The van der Waals surface area contributed by atoms with Crippen LogP contribution in [0.1, 0.15) is 63.1 Å². The Morgan fingerprint density at radius 3 is 2.71 bits per heavy atom. The van der Waals surface area contributed by atoms with Crippen molar-refractivity contribution in [2.75, 3.05) is 20.1 Å². The quantitative estimate of drug-likeness (QED) is 0.717. The lowest BCUT2D eigenvalue weighted by Gasteiger charge is -2.36. The fourth-order valence-electron chi connectivity index (χ4n) is 3.39. The number of hydrogen-bond donors (Lipinski definition) is 0. The van der Waals surface area contributed by atoms with Crippen LogP contribution in [0.25, 0.3) is 0 Å². The second-order valence-corrected chi connectivity index (χ2v) is 6.77. The first-order valence-corrected chi connectivity index (χ1v) is 9.15. The van der Waals surface area contributed by atoms with Gasteiger partial charge in [0.15, 0.2) is 0 Å². The topological polar surface area (TPSA) is 40.6 Å². The molecule has 4 nitrogen and oxygen atoms in total. The first-order chi connectivity index (χ1) is 11.5. The van der Waals surface area contributed by atoms with E-state index in [0.29, 0.717) is 6.42 Å². The minimum atomic E-state index is 0.0430. The monoisotopic (exact) mass is 330 g/mol. The summed E-state index contributed by atoms with van der Waals surface area (Å²) < 4.78 is 0. The molecule has 1 unspecified atom stereocenters. The van der Waals surface area contributed by atoms with Crippen molar-refractivity contribution in [2.24, 2.45) is 0 Å². The molecule has 2 rings (SSSR count). The molecule has 0 N–H and O–H groups in total. The Morgan fingerprint density at radius 1 is 1.21 bits per heavy atom. The summed E-state index contributed by atoms with van der Waals surface area (Å²) in [6, 6.07) is 8.39. The Morgan fingerprint density at radius 2 is 1.96 bits per heavy atom. The van der Waals surface area contributed by atoms with Crippen LogP contribution in [0.4, 0.5) is 0 Å². The number of carbonyl (C=O) groups excluding carboxylic acids is 2. The molecule has 0 saturated carbocycles. The maximum Gasteiger partial charge on any atom is 0.242 e. The molecule has 1 aromatic carbocycles. The van der Waals surface area contributed by atoms with Crippen LogP contribution in [0.15, 0.2) is 24.3 Å². The molecule has 0 saturated heterocycles. The molecule has 1 heterocycles. The van der Waals surface area contributed by atoms with Crippen LogP contribution < -0.4 is 0 Å². The lowest BCUT2D eigenvalue weighted by atomic mass is 9.93. The summed E-state index contributed by atoms with van der Waals surface area (Å²) in [5, 5.41) is 0. The van der Waals surface area contributed by atoms with Gasteiger partial charge in [0.2, 0.25) is 11.8 Å². The molecule has 1 aliphatic heterocycles. The first-order valence-electron chi connectivity index (χ1n) is 9.15. The van der Waals surface area contributed by atoms with Crippen LogP contribution in [0.3, 0.4) is 0 Å². The van der Waals surface area contributed by atoms with Gasteiger partial charge in [0.1, 0.15) is 0 Å². The molecule has 132 valence electrons. The Hall–Kier alpha value is -1.84. The van der Waals surface area contributed by atoms with Gasteiger partial charge < -0.3 is 9.80 Å². The zero-order valence-corrected chi connectivity index (χ0v) is 15.3. The van der Waals surface area contributed by atoms with E-state index in [-0.39, 0.29) is 24.4 Å². The maximum atomic E-state index is 12.6. The van der Waals surface area contributed by atoms with E-state index in [2.05, 4.69) is 26.0 Å². The van der Waals surface area contributed by atoms with Gasteiger partial charge in [-0.15, -0.1) is 0 Å². The Balaban J connectivity index is 1.87. The number of benzene rings is 1. The predicted molar refractivity (Wildman–Crippen MR) is 96.7 cm³/mol. The Labute approximate surface area is 145 Å². The van der Waals surface area contributed by atoms with Crippen LogP contribution in [-0.2, 0) is 16.0 Å². The van der Waals surface area contributed by atoms with Gasteiger partial charge in [-0.2, -0.15) is 0 Å². The average molecular weight is 330 g/mol. The number of carbonyl (C=O) groups is 2. The van der Waals surface area contributed by atoms with E-state index in [9.17, 15) is 9.59 Å². The average Bonchev–Trinajstić information content (AvgIpc) is 2.59. The second-order valence-electron chi connectivity index (χ2n) is 6.77. The SMILES string of the molecule is CCCCCCC(=O)N(C)CC(=O)N1CCc2ccccc2C1C. The minimum Gasteiger partial charge on any atom is -0.336 e. The van der Waals surface area contributed by atoms with Crippen molar-refractivity contribution < 1.29 is 9.59 Å². The van der Waals surface area contributed by atoms with Crippen molar-refractivity contribution in [3.05, 3.63) is 35.4 Å². The van der Waals surface area contributed by atoms with E-state index in [4.69, 9.17) is 0 Å². The van der Waals surface area contributed by atoms with Crippen LogP contribution >= 0.6 is 0 Å². The molecule has 1 aromatic rings. The summed E-state index contributed by atoms with van der Waals surface area (Å²) in [7, 11) is 1.74. The molecular weight excluding hydrogens is 300 g/mol. The lowest BCUT2D eigenvalue weighted by molar-refractivity contribution is -0.141. The zero-order chi connectivity index (χ0) is 17.5. The predicted octanol–water partition coefficient (Wildman–Crippen LogP) is 3.56. The highest BCUT2D eigenvalue weighted by Gasteiger charge is 2.28. The van der Waals surface area contributed by atoms with Gasteiger partial charge in [0, 0.05) is 20.0 Å². The number of fused-ring (bicyclic) bond motifs is 1. The van der Waals surface area contributed by atoms with E-state index in [1.807, 2.05) is 17.0 Å². The molecule has 2 amide bonds. The van der Waals surface area contributed by atoms with Gasteiger partial charge in [0.05, 0.1) is 12.6 Å². The number of hydrogen-bond acceptors (Lipinski definition) is 2. The van der Waals surface area contributed by atoms with Gasteiger partial charge in [-0.05, 0) is 30.9 Å². The molecule has 0 spiro atoms. The third-order valence-electron chi connectivity index (χ3n) is 4.96. The second kappa shape index (κ2) is 8.86. The van der Waals surface area contributed by atoms with Crippen molar-refractivity contribution in [1.29, 1.82) is 0 Å². The summed E-state index contributed by atoms with van der Waals surface area (Å²) in [6.07, 6.45) is 5.77. The van der Waals surface area contributed by atoms with E-state index in [0.717, 1.165) is 32.2 Å². The minimum absolute atomic E-state index is 0.0430. The Kier molecular flexibility index (Phi) is 6.83. The van der Waals surface area contributed by atoms with Crippen LogP contribution in [0.5, 0.6) is 0 Å². The molecule has 0 bridgehead atoms. The highest BCUT2D eigenvalue weighted by molar-refractivity contribution is 5.85. The number of unbranched alkanes of at least 4 members (excludes halogenated alkanes) is 3. The molecule has 1 aliphatic rings. The van der Waals surface area contributed by atoms with Crippen molar-refractivity contribution in [2.45, 2.75) is 58.4 Å². The van der Waals surface area contributed by atoms with Gasteiger partial charge in [0.25, 0.3) is 0 Å². The molecule has 0 aliphatic carbocycles. The van der Waals surface area contributed by atoms with Crippen LogP contribution in [0.2, 0.25) is 0 Å². The van der Waals surface area contributed by atoms with Crippen LogP contribution in [0, 0.1) is 0 Å². The molecule has 0 radical (unpaired) electrons. The van der Waals surface area contributed by atoms with Crippen molar-refractivity contribution in [3.8, 4) is 0 Å². The fraction of sp³-hybridized carbons (Fsp3) is 0.600. The number of rotatable bonds is 7. The van der Waals surface area contributed by atoms with E-state index >= 15 is 0 Å². The van der Waals surface area contributed by atoms with Gasteiger partial charge in [-0.3, -0.25) is 9.59 Å². The van der Waals surface area contributed by atoms with Crippen molar-refractivity contribution >= 4 is 11.8 Å². The molecule has 1 atom stereocenters. The molecule has 0 fully saturated rings. The summed E-state index contributed by atoms with van der Waals surface area (Å²) in [4.78, 5) is 28.3. The fourth-order valence-corrected chi connectivity index (χ4v) is 3.39. The third kappa shape index (κ3) is 4.59. The number of amides is 2. The molecule has 0 aromatic heterocycles.